The van der Waals surface area contributed by atoms with Crippen LogP contribution in [0.1, 0.15) is 63.4 Å². The first kappa shape index (κ1) is 34.3. The van der Waals surface area contributed by atoms with Crippen LogP contribution in [0.3, 0.4) is 0 Å². The molecule has 0 unspecified atom stereocenters. The van der Waals surface area contributed by atoms with E-state index in [1.807, 2.05) is 0 Å². The fourth-order valence-electron chi connectivity index (χ4n) is 6.75. The molecule has 1 fully saturated rings. The molecule has 1 saturated carbocycles. The van der Waals surface area contributed by atoms with Crippen LogP contribution in [0.2, 0.25) is 0 Å². The van der Waals surface area contributed by atoms with Gasteiger partial charge in [-0.1, -0.05) is 6.07 Å². The monoisotopic (exact) mass is 734 g/mol. The number of aromatic amines is 1. The zero-order chi connectivity index (χ0) is 36.6. The summed E-state index contributed by atoms with van der Waals surface area (Å²) in [5, 5.41) is 12.9. The second-order valence-electron chi connectivity index (χ2n) is 12.7. The van der Waals surface area contributed by atoms with E-state index in [9.17, 15) is 40.0 Å². The number of rotatable bonds is 11. The number of nitrogens with one attached hydrogen (secondary N) is 2. The molecule has 18 heteroatoms. The summed E-state index contributed by atoms with van der Waals surface area (Å²) < 4.78 is 126. The number of hydrogen-bond acceptors (Lipinski definition) is 7. The van der Waals surface area contributed by atoms with E-state index >= 15 is 8.78 Å². The van der Waals surface area contributed by atoms with Gasteiger partial charge in [-0.3, -0.25) is 19.4 Å². The molecule has 266 valence electrons. The van der Waals surface area contributed by atoms with Gasteiger partial charge in [0.25, 0.3) is 12.3 Å². The molecule has 2 N–H and O–H groups in total. The van der Waals surface area contributed by atoms with Crippen molar-refractivity contribution in [3.8, 4) is 11.1 Å². The number of carbonyl (C=O) groups is 2. The van der Waals surface area contributed by atoms with E-state index < -0.39 is 98.5 Å². The Hall–Kier alpha value is -5.13. The van der Waals surface area contributed by atoms with Crippen molar-refractivity contribution in [2.24, 2.45) is 5.92 Å². The highest BCUT2D eigenvalue weighted by atomic mass is 32.2. The maximum Gasteiger partial charge on any atom is 0.293 e. The highest BCUT2D eigenvalue weighted by Gasteiger charge is 2.67. The topological polar surface area (TPSA) is 140 Å². The number of carbonyl (C=O) groups excluding carboxylic acids is 2. The summed E-state index contributed by atoms with van der Waals surface area (Å²) in [7, 11) is -3.85. The van der Waals surface area contributed by atoms with Gasteiger partial charge in [0.2, 0.25) is 5.91 Å². The predicted octanol–water partition coefficient (Wildman–Crippen LogP) is 5.71. The maximum absolute atomic E-state index is 15.2. The Balaban J connectivity index is 1.31. The third-order valence-electron chi connectivity index (χ3n) is 8.91. The third kappa shape index (κ3) is 6.47. The second kappa shape index (κ2) is 12.3. The van der Waals surface area contributed by atoms with Gasteiger partial charge in [0.15, 0.2) is 15.6 Å². The van der Waals surface area contributed by atoms with Crippen LogP contribution < -0.4 is 5.32 Å². The van der Waals surface area contributed by atoms with Crippen molar-refractivity contribution >= 4 is 32.6 Å². The highest BCUT2D eigenvalue weighted by molar-refractivity contribution is 7.91. The Morgan fingerprint density at radius 2 is 1.78 bits per heavy atom. The number of Topliss-reactive ketones (excluding diaryl/α,β-unsaturated/α-hetero) is 1. The lowest BCUT2D eigenvalue weighted by Gasteiger charge is -2.23. The summed E-state index contributed by atoms with van der Waals surface area (Å²) in [6.07, 6.45) is -1.39. The fraction of sp³-hybridized carbons (Fsp3) is 0.303. The molecular weight excluding hydrogens is 709 g/mol. The van der Waals surface area contributed by atoms with E-state index in [1.165, 1.54) is 18.3 Å². The standard InChI is InChI=1S/C33H25F7N6O4S/c1-51(49,50)13-26(47)20-7-15(2-3-22(20)36)18-10-23-25(11-41-44-23)43-29(18)24(6-14-4-16(34)8-17(35)5-14)42-27(48)12-46-31-28(30(45-46)32(37)38)19-9-21(19)33(31,39)40/h2-5,7-8,10-11,19,21,24,32H,6,9,12-13H2,1H3,(H,41,44)(H,42,48)/t19-,21+,24-/m0/s1. The van der Waals surface area contributed by atoms with Gasteiger partial charge in [0, 0.05) is 29.4 Å². The van der Waals surface area contributed by atoms with Gasteiger partial charge >= 0.3 is 0 Å². The quantitative estimate of drug-likeness (QED) is 0.131. The van der Waals surface area contributed by atoms with Crippen LogP contribution in [-0.2, 0) is 33.5 Å². The number of sulfone groups is 1. The first-order chi connectivity index (χ1) is 24.0. The molecule has 2 aliphatic carbocycles. The molecule has 5 aromatic rings. The van der Waals surface area contributed by atoms with Crippen molar-refractivity contribution in [3.63, 3.8) is 0 Å². The van der Waals surface area contributed by atoms with E-state index in [2.05, 4.69) is 25.6 Å². The molecular formula is C33H25F7N6O4S. The van der Waals surface area contributed by atoms with Gasteiger partial charge < -0.3 is 5.32 Å². The van der Waals surface area contributed by atoms with Gasteiger partial charge in [-0.25, -0.2) is 35.4 Å². The lowest BCUT2D eigenvalue weighted by atomic mass is 9.93. The average molecular weight is 735 g/mol. The fourth-order valence-corrected chi connectivity index (χ4v) is 7.38. The minimum atomic E-state index is -3.85. The number of nitrogens with zero attached hydrogens (tertiary/aromatic N) is 4. The Kier molecular flexibility index (Phi) is 8.26. The number of H-pyrrole nitrogens is 1. The van der Waals surface area contributed by atoms with Crippen molar-refractivity contribution in [1.29, 1.82) is 0 Å². The van der Waals surface area contributed by atoms with Crippen LogP contribution in [0.4, 0.5) is 30.7 Å². The van der Waals surface area contributed by atoms with Gasteiger partial charge in [-0.15, -0.1) is 0 Å². The molecule has 0 bridgehead atoms. The normalized spacial score (nSPS) is 18.1. The first-order valence-corrected chi connectivity index (χ1v) is 17.4. The number of benzene rings is 2. The Labute approximate surface area is 284 Å². The van der Waals surface area contributed by atoms with Gasteiger partial charge in [-0.05, 0) is 60.2 Å². The van der Waals surface area contributed by atoms with E-state index in [0.29, 0.717) is 16.3 Å². The van der Waals surface area contributed by atoms with Crippen molar-refractivity contribution < 1.29 is 48.7 Å². The Bertz CT molecular complexity index is 2340. The largest absolute Gasteiger partial charge is 0.346 e. The minimum Gasteiger partial charge on any atom is -0.346 e. The zero-order valence-electron chi connectivity index (χ0n) is 26.2. The van der Waals surface area contributed by atoms with Crippen molar-refractivity contribution in [2.45, 2.75) is 43.7 Å². The summed E-state index contributed by atoms with van der Waals surface area (Å²) in [4.78, 5) is 31.0. The molecule has 1 amide bonds. The molecule has 10 nitrogen and oxygen atoms in total. The smallest absolute Gasteiger partial charge is 0.293 e. The summed E-state index contributed by atoms with van der Waals surface area (Å²) in [5.41, 5.74) is -1.62. The second-order valence-corrected chi connectivity index (χ2v) is 14.8. The van der Waals surface area contributed by atoms with Crippen LogP contribution in [0.15, 0.2) is 48.7 Å². The number of aromatic nitrogens is 5. The van der Waals surface area contributed by atoms with Crippen LogP contribution >= 0.6 is 0 Å². The highest BCUT2D eigenvalue weighted by Crippen LogP contribution is 2.68. The molecule has 3 atom stereocenters. The lowest BCUT2D eigenvalue weighted by Crippen LogP contribution is -2.35. The zero-order valence-corrected chi connectivity index (χ0v) is 27.0. The van der Waals surface area contributed by atoms with Crippen LogP contribution in [0, 0.1) is 23.4 Å². The van der Waals surface area contributed by atoms with Gasteiger partial charge in [-0.2, -0.15) is 19.0 Å². The molecule has 3 aromatic heterocycles. The van der Waals surface area contributed by atoms with Crippen LogP contribution in [0.25, 0.3) is 22.2 Å². The van der Waals surface area contributed by atoms with Crippen LogP contribution in [0.5, 0.6) is 0 Å². The third-order valence-corrected chi connectivity index (χ3v) is 9.70. The van der Waals surface area contributed by atoms with E-state index in [4.69, 9.17) is 0 Å². The van der Waals surface area contributed by atoms with Gasteiger partial charge in [0.05, 0.1) is 29.0 Å². The lowest BCUT2D eigenvalue weighted by molar-refractivity contribution is -0.123. The molecule has 2 aliphatic rings. The molecule has 0 saturated heterocycles. The van der Waals surface area contributed by atoms with Crippen LogP contribution in [-0.4, -0.2) is 57.1 Å². The molecule has 51 heavy (non-hydrogen) atoms. The number of pyridine rings is 1. The van der Waals surface area contributed by atoms with Crippen molar-refractivity contribution in [2.75, 3.05) is 12.0 Å². The number of amides is 1. The summed E-state index contributed by atoms with van der Waals surface area (Å²) >= 11 is 0. The first-order valence-electron chi connectivity index (χ1n) is 15.4. The predicted molar refractivity (Wildman–Crippen MR) is 166 cm³/mol. The molecule has 0 spiro atoms. The van der Waals surface area contributed by atoms with E-state index in [0.717, 1.165) is 30.5 Å². The number of alkyl halides is 4. The number of ketones is 1. The molecule has 2 aromatic carbocycles. The summed E-state index contributed by atoms with van der Waals surface area (Å²) in [6.45, 7) is -0.928. The Morgan fingerprint density at radius 1 is 1.06 bits per heavy atom. The minimum absolute atomic E-state index is 0.0134. The van der Waals surface area contributed by atoms with E-state index in [1.54, 1.807) is 0 Å². The molecule has 3 heterocycles. The average Bonchev–Trinajstić information content (AvgIpc) is 3.44. The number of hydrogen-bond donors (Lipinski definition) is 2. The number of fused-ring (bicyclic) bond motifs is 4. The molecule has 7 rings (SSSR count). The summed E-state index contributed by atoms with van der Waals surface area (Å²) in [5.74, 6) is -11.4. The summed E-state index contributed by atoms with van der Waals surface area (Å²) in [6, 6.07) is 6.01. The SMILES string of the molecule is CS(=O)(=O)CC(=O)c1cc(-c2cc3[nH]ncc3nc2[C@H](Cc2cc(F)cc(F)c2)NC(=O)Cn2nc(C(F)F)c3c2C(F)(F)[C@@H]2C[C@H]32)ccc1F. The van der Waals surface area contributed by atoms with E-state index in [-0.39, 0.29) is 46.3 Å². The molecule has 0 aliphatic heterocycles. The van der Waals surface area contributed by atoms with Crippen molar-refractivity contribution in [1.82, 2.24) is 30.3 Å². The molecule has 0 radical (unpaired) electrons. The maximum atomic E-state index is 15.2. The Morgan fingerprint density at radius 3 is 2.47 bits per heavy atom. The van der Waals surface area contributed by atoms with Gasteiger partial charge in [0.1, 0.15) is 46.7 Å². The number of halogens is 7. The van der Waals surface area contributed by atoms with Crippen molar-refractivity contribution in [3.05, 3.63) is 99.9 Å².